The molecule has 2 amide bonds. The van der Waals surface area contributed by atoms with Gasteiger partial charge in [-0.2, -0.15) is 5.10 Å². The molecule has 0 spiro atoms. The molecule has 2 N–H and O–H groups in total. The highest BCUT2D eigenvalue weighted by atomic mass is 19.1. The molecule has 0 saturated carbocycles. The monoisotopic (exact) mass is 607 g/mol. The van der Waals surface area contributed by atoms with Gasteiger partial charge in [0.2, 0.25) is 0 Å². The Kier molecular flexibility index (Phi) is 9.36. The van der Waals surface area contributed by atoms with Gasteiger partial charge in [0.25, 0.3) is 0 Å². The minimum Gasteiger partial charge on any atom is -0.444 e. The number of nitrogens with zero attached hydrogens (tertiary/aromatic N) is 4. The molecule has 1 unspecified atom stereocenters. The molecule has 11 heteroatoms. The van der Waals surface area contributed by atoms with Crippen LogP contribution in [0.3, 0.4) is 0 Å². The Morgan fingerprint density at radius 1 is 0.864 bits per heavy atom. The zero-order valence-electron chi connectivity index (χ0n) is 26.2. The van der Waals surface area contributed by atoms with E-state index in [0.29, 0.717) is 24.3 Å². The molecule has 0 radical (unpaired) electrons. The number of rotatable bonds is 5. The van der Waals surface area contributed by atoms with E-state index in [1.165, 1.54) is 15.8 Å². The van der Waals surface area contributed by atoms with Crippen molar-refractivity contribution in [3.8, 4) is 0 Å². The van der Waals surface area contributed by atoms with Crippen molar-refractivity contribution in [3.63, 3.8) is 0 Å². The molecule has 44 heavy (non-hydrogen) atoms. The predicted molar refractivity (Wildman–Crippen MR) is 165 cm³/mol. The van der Waals surface area contributed by atoms with Crippen molar-refractivity contribution in [2.24, 2.45) is 5.92 Å². The van der Waals surface area contributed by atoms with Crippen LogP contribution in [0.4, 0.5) is 19.7 Å². The van der Waals surface area contributed by atoms with Crippen molar-refractivity contribution in [1.29, 1.82) is 0 Å². The molecule has 2 aliphatic heterocycles. The molecule has 0 bridgehead atoms. The number of alkyl halides is 1. The fourth-order valence-corrected chi connectivity index (χ4v) is 4.99. The minimum atomic E-state index is -1.64. The van der Waals surface area contributed by atoms with Crippen molar-refractivity contribution >= 4 is 23.7 Å². The molecule has 2 aromatic carbocycles. The lowest BCUT2D eigenvalue weighted by Crippen LogP contribution is -2.65. The molecule has 236 valence electrons. The maximum absolute atomic E-state index is 15.6. The number of amides is 2. The van der Waals surface area contributed by atoms with E-state index in [1.807, 2.05) is 69.3 Å². The first-order valence-electron chi connectivity index (χ1n) is 14.6. The summed E-state index contributed by atoms with van der Waals surface area (Å²) < 4.78 is 27.7. The fourth-order valence-electron chi connectivity index (χ4n) is 4.99. The summed E-state index contributed by atoms with van der Waals surface area (Å²) in [5, 5.41) is 4.19. The van der Waals surface area contributed by atoms with Gasteiger partial charge >= 0.3 is 12.2 Å². The van der Waals surface area contributed by atoms with Crippen LogP contribution in [0, 0.1) is 5.92 Å². The largest absolute Gasteiger partial charge is 0.444 e. The Bertz CT molecular complexity index is 1440. The lowest BCUT2D eigenvalue weighted by atomic mass is 9.84. The molecule has 2 fully saturated rings. The quantitative estimate of drug-likeness (QED) is 0.367. The summed E-state index contributed by atoms with van der Waals surface area (Å²) in [5.41, 5.74) is 4.95. The van der Waals surface area contributed by atoms with E-state index in [-0.39, 0.29) is 30.9 Å². The maximum atomic E-state index is 15.6. The third kappa shape index (κ3) is 8.15. The van der Waals surface area contributed by atoms with Crippen molar-refractivity contribution < 1.29 is 28.2 Å². The van der Waals surface area contributed by atoms with Gasteiger partial charge in [-0.05, 0) is 47.1 Å². The number of Topliss-reactive ketones (excluding diaryl/α,β-unsaturated/α-hetero) is 1. The second-order valence-electron chi connectivity index (χ2n) is 13.3. The molecule has 3 aromatic rings. The second kappa shape index (κ2) is 12.7. The number of anilines is 1. The minimum absolute atomic E-state index is 0.0543. The lowest BCUT2D eigenvalue weighted by Gasteiger charge is -2.48. The zero-order valence-corrected chi connectivity index (χ0v) is 26.2. The molecule has 3 heterocycles. The first kappa shape index (κ1) is 32.5. The van der Waals surface area contributed by atoms with Gasteiger partial charge in [0, 0.05) is 24.8 Å². The van der Waals surface area contributed by atoms with E-state index in [9.17, 15) is 14.4 Å². The number of ether oxygens (including phenoxy) is 2. The SMILES string of the molecule is CC(C)(C)OC(=O)N1CC(C(=O)c2ccccc2)C1.CC(C)(C)OC(=O)N1CC(F)(C(c2ccccc2)n2cc(N)cn2)C1. The summed E-state index contributed by atoms with van der Waals surface area (Å²) in [4.78, 5) is 38.9. The molecule has 1 aromatic heterocycles. The highest BCUT2D eigenvalue weighted by Crippen LogP contribution is 2.41. The number of nitrogen functional groups attached to an aromatic ring is 1. The summed E-state index contributed by atoms with van der Waals surface area (Å²) in [6, 6.07) is 17.8. The van der Waals surface area contributed by atoms with Crippen molar-refractivity contribution in [2.75, 3.05) is 31.9 Å². The van der Waals surface area contributed by atoms with Crippen LogP contribution >= 0.6 is 0 Å². The lowest BCUT2D eigenvalue weighted by molar-refractivity contribution is -0.0698. The van der Waals surface area contributed by atoms with E-state index >= 15 is 4.39 Å². The van der Waals surface area contributed by atoms with Crippen molar-refractivity contribution in [2.45, 2.75) is 64.5 Å². The first-order valence-corrected chi connectivity index (χ1v) is 14.6. The van der Waals surface area contributed by atoms with Gasteiger partial charge in [-0.25, -0.2) is 14.0 Å². The van der Waals surface area contributed by atoms with Crippen molar-refractivity contribution in [1.82, 2.24) is 19.6 Å². The number of hydrogen-bond donors (Lipinski definition) is 1. The highest BCUT2D eigenvalue weighted by Gasteiger charge is 2.54. The van der Waals surface area contributed by atoms with E-state index < -0.39 is 29.0 Å². The fraction of sp³-hybridized carbons (Fsp3) is 0.455. The van der Waals surface area contributed by atoms with E-state index in [1.54, 1.807) is 44.0 Å². The standard InChI is InChI=1S/C18H23FN4O2.C15H19NO3/c1-17(2,3)25-16(24)22-11-18(19,12-22)15(13-7-5-4-6-8-13)23-10-14(20)9-21-23;1-15(2,3)19-14(18)16-9-12(10-16)13(17)11-7-5-4-6-8-11/h4-10,15H,11-12,20H2,1-3H3;4-8,12H,9-10H2,1-3H3. The smallest absolute Gasteiger partial charge is 0.410 e. The number of nitrogens with two attached hydrogens (primary N) is 1. The Hall–Kier alpha value is -4.41. The number of benzene rings is 2. The van der Waals surface area contributed by atoms with Crippen LogP contribution in [-0.2, 0) is 9.47 Å². The average molecular weight is 608 g/mol. The van der Waals surface area contributed by atoms with Crippen LogP contribution in [0.25, 0.3) is 0 Å². The molecule has 2 aliphatic rings. The Morgan fingerprint density at radius 2 is 1.36 bits per heavy atom. The summed E-state index contributed by atoms with van der Waals surface area (Å²) in [6.07, 6.45) is 2.25. The van der Waals surface area contributed by atoms with E-state index in [4.69, 9.17) is 15.2 Å². The Balaban J connectivity index is 0.000000209. The Labute approximate surface area is 257 Å². The first-order chi connectivity index (χ1) is 20.5. The normalized spacial score (nSPS) is 16.9. The summed E-state index contributed by atoms with van der Waals surface area (Å²) in [7, 11) is 0. The van der Waals surface area contributed by atoms with E-state index in [2.05, 4.69) is 5.10 Å². The average Bonchev–Trinajstić information content (AvgIpc) is 3.31. The summed E-state index contributed by atoms with van der Waals surface area (Å²) in [6.45, 7) is 11.6. The molecule has 1 atom stereocenters. The molecule has 5 rings (SSSR count). The summed E-state index contributed by atoms with van der Waals surface area (Å²) >= 11 is 0. The highest BCUT2D eigenvalue weighted by molar-refractivity contribution is 5.99. The number of halogens is 1. The van der Waals surface area contributed by atoms with Gasteiger partial charge in [0.05, 0.1) is 30.9 Å². The number of carbonyl (C=O) groups excluding carboxylic acids is 3. The number of likely N-dealkylation sites (tertiary alicyclic amines) is 2. The van der Waals surface area contributed by atoms with E-state index in [0.717, 1.165) is 5.56 Å². The topological polar surface area (TPSA) is 120 Å². The van der Waals surface area contributed by atoms with Crippen LogP contribution < -0.4 is 5.73 Å². The van der Waals surface area contributed by atoms with Gasteiger partial charge in [-0.1, -0.05) is 60.7 Å². The van der Waals surface area contributed by atoms with Crippen LogP contribution in [0.1, 0.15) is 63.5 Å². The third-order valence-corrected chi connectivity index (χ3v) is 7.01. The molecule has 10 nitrogen and oxygen atoms in total. The maximum Gasteiger partial charge on any atom is 0.410 e. The zero-order chi connectivity index (χ0) is 32.3. The number of carbonyl (C=O) groups is 3. The third-order valence-electron chi connectivity index (χ3n) is 7.01. The molecule has 0 aliphatic carbocycles. The van der Waals surface area contributed by atoms with Crippen LogP contribution in [0.5, 0.6) is 0 Å². The summed E-state index contributed by atoms with van der Waals surface area (Å²) in [5.74, 6) is -0.00433. The predicted octanol–water partition coefficient (Wildman–Crippen LogP) is 5.75. The molecule has 2 saturated heterocycles. The molecular weight excluding hydrogens is 565 g/mol. The second-order valence-corrected chi connectivity index (χ2v) is 13.3. The molecular formula is C33H42FN5O5. The number of aromatic nitrogens is 2. The van der Waals surface area contributed by atoms with Gasteiger partial charge in [-0.15, -0.1) is 0 Å². The van der Waals surface area contributed by atoms with Crippen molar-refractivity contribution in [3.05, 3.63) is 84.2 Å². The Morgan fingerprint density at radius 3 is 1.84 bits per heavy atom. The van der Waals surface area contributed by atoms with Gasteiger partial charge in [-0.3, -0.25) is 9.48 Å². The number of hydrogen-bond acceptors (Lipinski definition) is 7. The van der Waals surface area contributed by atoms with Gasteiger partial charge < -0.3 is 25.0 Å². The van der Waals surface area contributed by atoms with Gasteiger partial charge in [0.15, 0.2) is 11.5 Å². The van der Waals surface area contributed by atoms with Gasteiger partial charge in [0.1, 0.15) is 17.2 Å². The van der Waals surface area contributed by atoms with Crippen LogP contribution in [0.2, 0.25) is 0 Å². The number of ketones is 1. The van der Waals surface area contributed by atoms with Crippen LogP contribution in [-0.4, -0.2) is 80.6 Å². The van der Waals surface area contributed by atoms with Crippen LogP contribution in [0.15, 0.2) is 73.1 Å².